The van der Waals surface area contributed by atoms with Crippen molar-refractivity contribution in [3.05, 3.63) is 69.8 Å². The van der Waals surface area contributed by atoms with E-state index in [-0.39, 0.29) is 34.6 Å². The number of aliphatic imine (C=N–C) groups is 1. The average molecular weight is 575 g/mol. The number of nitrogens with zero attached hydrogens (tertiary/aromatic N) is 2. The summed E-state index contributed by atoms with van der Waals surface area (Å²) in [5, 5.41) is 22.4. The van der Waals surface area contributed by atoms with Crippen LogP contribution in [0.15, 0.2) is 58.4 Å². The minimum atomic E-state index is -3.72. The van der Waals surface area contributed by atoms with Crippen LogP contribution < -0.4 is 15.8 Å². The molecule has 0 aliphatic carbocycles. The van der Waals surface area contributed by atoms with E-state index in [9.17, 15) is 18.5 Å². The van der Waals surface area contributed by atoms with E-state index in [4.69, 9.17) is 5.14 Å². The van der Waals surface area contributed by atoms with Gasteiger partial charge < -0.3 is 10.6 Å². The summed E-state index contributed by atoms with van der Waals surface area (Å²) >= 11 is 0. The Balaban J connectivity index is 0.00000512. The van der Waals surface area contributed by atoms with Crippen LogP contribution in [0.2, 0.25) is 0 Å². The molecule has 0 radical (unpaired) electrons. The summed E-state index contributed by atoms with van der Waals surface area (Å²) in [4.78, 5) is 15.0. The molecule has 0 fully saturated rings. The summed E-state index contributed by atoms with van der Waals surface area (Å²) in [5.74, 6) is 0.616. The van der Waals surface area contributed by atoms with Crippen molar-refractivity contribution in [1.82, 2.24) is 10.6 Å². The maximum absolute atomic E-state index is 11.4. The highest BCUT2D eigenvalue weighted by molar-refractivity contribution is 14.0. The Morgan fingerprint density at radius 3 is 2.19 bits per heavy atom. The van der Waals surface area contributed by atoms with Crippen LogP contribution in [0.25, 0.3) is 0 Å². The van der Waals surface area contributed by atoms with Gasteiger partial charge in [0.15, 0.2) is 5.96 Å². The van der Waals surface area contributed by atoms with E-state index in [1.807, 2.05) is 0 Å². The molecular weight excluding hydrogens is 545 g/mol. The summed E-state index contributed by atoms with van der Waals surface area (Å²) in [5.41, 5.74) is 1.79. The van der Waals surface area contributed by atoms with E-state index in [1.165, 1.54) is 30.7 Å². The maximum Gasteiger partial charge on any atom is 0.269 e. The van der Waals surface area contributed by atoms with Crippen molar-refractivity contribution < 1.29 is 13.3 Å². The monoisotopic (exact) mass is 575 g/mol. The number of nitro benzene ring substituents is 1. The largest absolute Gasteiger partial charge is 0.356 e. The standard InChI is InChI=1S/C21H29N5O4S.HI/c1-2-3-4-5-14-23-21(24-15-17-6-10-19(11-7-17)26(27)28)25-16-18-8-12-20(13-9-18)31(22,29)30;/h6-13H,2-5,14-16H2,1H3,(H2,22,29,30)(H2,23,24,25);1H. The second-order valence-corrected chi connectivity index (χ2v) is 8.68. The number of hydrogen-bond donors (Lipinski definition) is 3. The zero-order valence-electron chi connectivity index (χ0n) is 18.0. The first-order chi connectivity index (χ1) is 14.8. The minimum absolute atomic E-state index is 0. The number of nitro groups is 1. The molecule has 0 saturated heterocycles. The SMILES string of the molecule is CCCCCCNC(=NCc1ccc(S(N)(=O)=O)cc1)NCc1ccc([N+](=O)[O-])cc1.I. The van der Waals surface area contributed by atoms with Crippen LogP contribution in [0.3, 0.4) is 0 Å². The predicted octanol–water partition coefficient (Wildman–Crippen LogP) is 3.68. The number of primary sulfonamides is 1. The van der Waals surface area contributed by atoms with Gasteiger partial charge in [0.1, 0.15) is 0 Å². The Labute approximate surface area is 206 Å². The molecule has 0 unspecified atom stereocenters. The van der Waals surface area contributed by atoms with Crippen LogP contribution in [0, 0.1) is 10.1 Å². The Morgan fingerprint density at radius 1 is 1.00 bits per heavy atom. The molecule has 0 aliphatic heterocycles. The van der Waals surface area contributed by atoms with E-state index in [0.29, 0.717) is 19.0 Å². The molecule has 32 heavy (non-hydrogen) atoms. The van der Waals surface area contributed by atoms with E-state index < -0.39 is 14.9 Å². The molecule has 2 aromatic rings. The number of unbranched alkanes of at least 4 members (excludes halogenated alkanes) is 3. The van der Waals surface area contributed by atoms with Crippen molar-refractivity contribution in [2.24, 2.45) is 10.1 Å². The van der Waals surface area contributed by atoms with Gasteiger partial charge in [-0.2, -0.15) is 0 Å². The van der Waals surface area contributed by atoms with Gasteiger partial charge in [-0.3, -0.25) is 10.1 Å². The number of hydrogen-bond acceptors (Lipinski definition) is 5. The molecule has 0 spiro atoms. The Morgan fingerprint density at radius 2 is 1.62 bits per heavy atom. The highest BCUT2D eigenvalue weighted by atomic mass is 127. The lowest BCUT2D eigenvalue weighted by atomic mass is 10.2. The van der Waals surface area contributed by atoms with Crippen LogP contribution >= 0.6 is 24.0 Å². The molecule has 0 heterocycles. The molecule has 0 saturated carbocycles. The zero-order valence-corrected chi connectivity index (χ0v) is 21.1. The second-order valence-electron chi connectivity index (χ2n) is 7.12. The fourth-order valence-electron chi connectivity index (χ4n) is 2.81. The lowest BCUT2D eigenvalue weighted by Gasteiger charge is -2.13. The van der Waals surface area contributed by atoms with Crippen molar-refractivity contribution in [2.45, 2.75) is 50.6 Å². The molecular formula is C21H30IN5O4S. The molecule has 0 atom stereocenters. The van der Waals surface area contributed by atoms with E-state index in [0.717, 1.165) is 36.9 Å². The molecule has 0 aliphatic rings. The molecule has 11 heteroatoms. The highest BCUT2D eigenvalue weighted by Crippen LogP contribution is 2.12. The lowest BCUT2D eigenvalue weighted by molar-refractivity contribution is -0.384. The minimum Gasteiger partial charge on any atom is -0.356 e. The molecule has 0 aromatic heterocycles. The summed E-state index contributed by atoms with van der Waals surface area (Å²) in [6.45, 7) is 3.75. The van der Waals surface area contributed by atoms with Gasteiger partial charge in [0.2, 0.25) is 10.0 Å². The van der Waals surface area contributed by atoms with Gasteiger partial charge in [-0.25, -0.2) is 18.5 Å². The Kier molecular flexibility index (Phi) is 12.2. The van der Waals surface area contributed by atoms with Crippen LogP contribution in [-0.4, -0.2) is 25.8 Å². The molecule has 2 aromatic carbocycles. The molecule has 0 bridgehead atoms. The smallest absolute Gasteiger partial charge is 0.269 e. The topological polar surface area (TPSA) is 140 Å². The number of non-ortho nitro benzene ring substituents is 1. The quantitative estimate of drug-likeness (QED) is 0.0933. The van der Waals surface area contributed by atoms with E-state index >= 15 is 0 Å². The van der Waals surface area contributed by atoms with Gasteiger partial charge >= 0.3 is 0 Å². The summed E-state index contributed by atoms with van der Waals surface area (Å²) in [6.07, 6.45) is 4.50. The average Bonchev–Trinajstić information content (AvgIpc) is 2.75. The number of guanidine groups is 1. The Bertz CT molecular complexity index is 980. The van der Waals surface area contributed by atoms with Crippen LogP contribution in [0.4, 0.5) is 5.69 Å². The van der Waals surface area contributed by atoms with Gasteiger partial charge in [0.25, 0.3) is 5.69 Å². The van der Waals surface area contributed by atoms with Crippen molar-refractivity contribution >= 4 is 45.6 Å². The molecule has 9 nitrogen and oxygen atoms in total. The molecule has 176 valence electrons. The number of rotatable bonds is 11. The first-order valence-electron chi connectivity index (χ1n) is 10.2. The summed E-state index contributed by atoms with van der Waals surface area (Å²) in [6, 6.07) is 12.6. The van der Waals surface area contributed by atoms with Crippen LogP contribution in [0.1, 0.15) is 43.7 Å². The van der Waals surface area contributed by atoms with E-state index in [2.05, 4.69) is 22.5 Å². The van der Waals surface area contributed by atoms with Gasteiger partial charge in [0, 0.05) is 25.2 Å². The first-order valence-corrected chi connectivity index (χ1v) is 11.7. The maximum atomic E-state index is 11.4. The van der Waals surface area contributed by atoms with Gasteiger partial charge in [0.05, 0.1) is 16.4 Å². The first kappa shape index (κ1) is 27.8. The summed E-state index contributed by atoms with van der Waals surface area (Å²) in [7, 11) is -3.72. The number of nitrogens with one attached hydrogen (secondary N) is 2. The predicted molar refractivity (Wildman–Crippen MR) is 136 cm³/mol. The molecule has 0 amide bonds. The second kappa shape index (κ2) is 14.0. The van der Waals surface area contributed by atoms with E-state index in [1.54, 1.807) is 24.3 Å². The highest BCUT2D eigenvalue weighted by Gasteiger charge is 2.07. The fourth-order valence-corrected chi connectivity index (χ4v) is 3.32. The number of sulfonamides is 1. The van der Waals surface area contributed by atoms with Crippen molar-refractivity contribution in [1.29, 1.82) is 0 Å². The van der Waals surface area contributed by atoms with Crippen LogP contribution in [0.5, 0.6) is 0 Å². The molecule has 2 rings (SSSR count). The van der Waals surface area contributed by atoms with Crippen molar-refractivity contribution in [2.75, 3.05) is 6.54 Å². The van der Waals surface area contributed by atoms with Crippen LogP contribution in [-0.2, 0) is 23.1 Å². The third-order valence-electron chi connectivity index (χ3n) is 4.60. The third-order valence-corrected chi connectivity index (χ3v) is 5.53. The Hall–Kier alpha value is -2.25. The zero-order chi connectivity index (χ0) is 22.7. The third kappa shape index (κ3) is 9.92. The lowest BCUT2D eigenvalue weighted by Crippen LogP contribution is -2.37. The fraction of sp³-hybridized carbons (Fsp3) is 0.381. The van der Waals surface area contributed by atoms with Crippen molar-refractivity contribution in [3.8, 4) is 0 Å². The normalized spacial score (nSPS) is 11.5. The van der Waals surface area contributed by atoms with Crippen molar-refractivity contribution in [3.63, 3.8) is 0 Å². The number of benzene rings is 2. The summed E-state index contributed by atoms with van der Waals surface area (Å²) < 4.78 is 22.7. The van der Waals surface area contributed by atoms with Gasteiger partial charge in [-0.05, 0) is 29.7 Å². The van der Waals surface area contributed by atoms with Gasteiger partial charge in [-0.15, -0.1) is 24.0 Å². The molecule has 4 N–H and O–H groups in total. The number of halogens is 1. The number of nitrogens with two attached hydrogens (primary N) is 1. The van der Waals surface area contributed by atoms with Gasteiger partial charge in [-0.1, -0.05) is 50.5 Å².